The third-order valence-corrected chi connectivity index (χ3v) is 5.10. The van der Waals surface area contributed by atoms with Gasteiger partial charge in [-0.1, -0.05) is 0 Å². The fourth-order valence-corrected chi connectivity index (χ4v) is 4.02. The molecule has 130 valence electrons. The van der Waals surface area contributed by atoms with Gasteiger partial charge < -0.3 is 9.72 Å². The predicted octanol–water partition coefficient (Wildman–Crippen LogP) is 2.38. The van der Waals surface area contributed by atoms with Crippen LogP contribution in [0.2, 0.25) is 0 Å². The number of methoxy groups -OCH3 is 1. The van der Waals surface area contributed by atoms with Crippen LogP contribution in [-0.2, 0) is 10.3 Å². The monoisotopic (exact) mass is 347 g/mol. The molecule has 1 saturated carbocycles. The van der Waals surface area contributed by atoms with Gasteiger partial charge >= 0.3 is 0 Å². The SMILES string of the molecule is COCC1(C#N)CC(CC#N)(n2cc(-c3ncnc4[nH]ccc34)cn2)C1. The molecule has 26 heavy (non-hydrogen) atoms. The third-order valence-electron chi connectivity index (χ3n) is 5.10. The van der Waals surface area contributed by atoms with Crippen LogP contribution in [0.5, 0.6) is 0 Å². The Hall–Kier alpha value is -3.23. The minimum atomic E-state index is -0.555. The van der Waals surface area contributed by atoms with Crippen molar-refractivity contribution in [3.63, 3.8) is 0 Å². The molecule has 3 heterocycles. The Bertz CT molecular complexity index is 1030. The number of aromatic amines is 1. The maximum absolute atomic E-state index is 9.53. The standard InChI is InChI=1S/C18H17N7O/c1-26-11-17(10-20)8-18(9-17,3-4-19)25-7-13(6-24-25)15-14-2-5-21-16(14)23-12-22-15/h2,5-7,12H,3,8-9,11H2,1H3,(H,21,22,23). The van der Waals surface area contributed by atoms with E-state index in [9.17, 15) is 10.5 Å². The highest BCUT2D eigenvalue weighted by atomic mass is 16.5. The lowest BCUT2D eigenvalue weighted by Gasteiger charge is -2.51. The molecule has 0 radical (unpaired) electrons. The van der Waals surface area contributed by atoms with Crippen LogP contribution in [0.1, 0.15) is 19.3 Å². The molecule has 1 N–H and O–H groups in total. The Morgan fingerprint density at radius 1 is 1.35 bits per heavy atom. The summed E-state index contributed by atoms with van der Waals surface area (Å²) in [5.41, 5.74) is 1.38. The van der Waals surface area contributed by atoms with Crippen LogP contribution in [-0.4, -0.2) is 38.4 Å². The summed E-state index contributed by atoms with van der Waals surface area (Å²) in [5, 5.41) is 24.3. The normalized spacial score (nSPS) is 24.7. The molecule has 1 aliphatic rings. The predicted molar refractivity (Wildman–Crippen MR) is 92.5 cm³/mol. The highest BCUT2D eigenvalue weighted by Crippen LogP contribution is 2.54. The van der Waals surface area contributed by atoms with Gasteiger partial charge in [-0.3, -0.25) is 4.68 Å². The second-order valence-corrected chi connectivity index (χ2v) is 6.87. The Morgan fingerprint density at radius 3 is 2.92 bits per heavy atom. The number of fused-ring (bicyclic) bond motifs is 1. The molecule has 1 aliphatic carbocycles. The number of ether oxygens (including phenoxy) is 1. The van der Waals surface area contributed by atoms with Crippen molar-refractivity contribution in [1.29, 1.82) is 10.5 Å². The van der Waals surface area contributed by atoms with E-state index in [1.54, 1.807) is 13.3 Å². The van der Waals surface area contributed by atoms with Crippen molar-refractivity contribution >= 4 is 11.0 Å². The Kier molecular flexibility index (Phi) is 3.71. The summed E-state index contributed by atoms with van der Waals surface area (Å²) in [5.74, 6) is 0. The Labute approximate surface area is 150 Å². The lowest BCUT2D eigenvalue weighted by atomic mass is 9.57. The van der Waals surface area contributed by atoms with Gasteiger partial charge in [-0.15, -0.1) is 0 Å². The van der Waals surface area contributed by atoms with Crippen molar-refractivity contribution in [2.24, 2.45) is 5.41 Å². The molecular weight excluding hydrogens is 330 g/mol. The summed E-state index contributed by atoms with van der Waals surface area (Å²) < 4.78 is 7.02. The van der Waals surface area contributed by atoms with Crippen LogP contribution in [0.15, 0.2) is 31.0 Å². The number of hydrogen-bond donors (Lipinski definition) is 1. The zero-order valence-electron chi connectivity index (χ0n) is 14.3. The van der Waals surface area contributed by atoms with Crippen LogP contribution in [0, 0.1) is 28.1 Å². The molecule has 4 rings (SSSR count). The zero-order valence-corrected chi connectivity index (χ0v) is 14.3. The number of hydrogen-bond acceptors (Lipinski definition) is 6. The molecule has 0 bridgehead atoms. The lowest BCUT2D eigenvalue weighted by Crippen LogP contribution is -2.54. The number of nitrogens with one attached hydrogen (secondary N) is 1. The number of H-pyrrole nitrogens is 1. The number of rotatable bonds is 5. The van der Waals surface area contributed by atoms with E-state index in [1.807, 2.05) is 23.1 Å². The smallest absolute Gasteiger partial charge is 0.141 e. The molecule has 3 aromatic heterocycles. The zero-order chi connectivity index (χ0) is 18.2. The molecule has 1 fully saturated rings. The second kappa shape index (κ2) is 5.94. The van der Waals surface area contributed by atoms with Crippen molar-refractivity contribution in [3.05, 3.63) is 31.0 Å². The van der Waals surface area contributed by atoms with Crippen LogP contribution >= 0.6 is 0 Å². The summed E-state index contributed by atoms with van der Waals surface area (Å²) in [6.07, 6.45) is 8.37. The van der Waals surface area contributed by atoms with Crippen LogP contribution in [0.4, 0.5) is 0 Å². The average molecular weight is 347 g/mol. The highest BCUT2D eigenvalue weighted by molar-refractivity contribution is 5.89. The fraction of sp³-hybridized carbons (Fsp3) is 0.389. The van der Waals surface area contributed by atoms with Gasteiger partial charge in [-0.25, -0.2) is 9.97 Å². The van der Waals surface area contributed by atoms with Crippen molar-refractivity contribution < 1.29 is 4.74 Å². The number of nitrogens with zero attached hydrogens (tertiary/aromatic N) is 6. The van der Waals surface area contributed by atoms with Crippen molar-refractivity contribution in [3.8, 4) is 23.4 Å². The lowest BCUT2D eigenvalue weighted by molar-refractivity contribution is -0.0423. The first-order valence-electron chi connectivity index (χ1n) is 8.26. The molecule has 0 aromatic carbocycles. The summed E-state index contributed by atoms with van der Waals surface area (Å²) in [4.78, 5) is 11.7. The number of aromatic nitrogens is 5. The van der Waals surface area contributed by atoms with Crippen molar-refractivity contribution in [2.45, 2.75) is 24.8 Å². The van der Waals surface area contributed by atoms with E-state index in [4.69, 9.17) is 4.74 Å². The van der Waals surface area contributed by atoms with Gasteiger partial charge in [-0.2, -0.15) is 15.6 Å². The molecular formula is C18H17N7O. The summed E-state index contributed by atoms with van der Waals surface area (Å²) in [6.45, 7) is 0.362. The molecule has 0 atom stereocenters. The molecule has 0 spiro atoms. The van der Waals surface area contributed by atoms with E-state index >= 15 is 0 Å². The van der Waals surface area contributed by atoms with Gasteiger partial charge in [-0.05, 0) is 18.9 Å². The van der Waals surface area contributed by atoms with Gasteiger partial charge in [0.05, 0.1) is 48.0 Å². The Balaban J connectivity index is 1.70. The van der Waals surface area contributed by atoms with Gasteiger partial charge in [0.2, 0.25) is 0 Å². The van der Waals surface area contributed by atoms with E-state index in [-0.39, 0.29) is 0 Å². The van der Waals surface area contributed by atoms with Crippen molar-refractivity contribution in [2.75, 3.05) is 13.7 Å². The molecule has 3 aromatic rings. The maximum atomic E-state index is 9.53. The minimum Gasteiger partial charge on any atom is -0.383 e. The topological polar surface area (TPSA) is 116 Å². The van der Waals surface area contributed by atoms with E-state index < -0.39 is 11.0 Å². The fourth-order valence-electron chi connectivity index (χ4n) is 4.02. The molecule has 8 heteroatoms. The first-order chi connectivity index (χ1) is 12.7. The number of nitriles is 2. The Morgan fingerprint density at radius 2 is 2.19 bits per heavy atom. The average Bonchev–Trinajstić information content (AvgIpc) is 3.28. The maximum Gasteiger partial charge on any atom is 0.141 e. The van der Waals surface area contributed by atoms with Gasteiger partial charge in [0, 0.05) is 30.5 Å². The summed E-state index contributed by atoms with van der Waals surface area (Å²) in [7, 11) is 1.59. The van der Waals surface area contributed by atoms with Gasteiger partial charge in [0.15, 0.2) is 0 Å². The molecule has 0 aliphatic heterocycles. The quantitative estimate of drug-likeness (QED) is 0.757. The third kappa shape index (κ3) is 2.35. The van der Waals surface area contributed by atoms with E-state index in [2.05, 4.69) is 32.2 Å². The highest BCUT2D eigenvalue weighted by Gasteiger charge is 2.57. The van der Waals surface area contributed by atoms with Crippen LogP contribution in [0.25, 0.3) is 22.3 Å². The molecule has 0 unspecified atom stereocenters. The largest absolute Gasteiger partial charge is 0.383 e. The first-order valence-corrected chi connectivity index (χ1v) is 8.26. The minimum absolute atomic E-state index is 0.296. The van der Waals surface area contributed by atoms with E-state index in [0.717, 1.165) is 22.3 Å². The van der Waals surface area contributed by atoms with E-state index in [1.165, 1.54) is 6.33 Å². The van der Waals surface area contributed by atoms with Gasteiger partial charge in [0.25, 0.3) is 0 Å². The van der Waals surface area contributed by atoms with Gasteiger partial charge in [0.1, 0.15) is 12.0 Å². The van der Waals surface area contributed by atoms with Crippen molar-refractivity contribution in [1.82, 2.24) is 24.7 Å². The van der Waals surface area contributed by atoms with E-state index in [0.29, 0.717) is 25.9 Å². The second-order valence-electron chi connectivity index (χ2n) is 6.87. The summed E-state index contributed by atoms with van der Waals surface area (Å²) in [6, 6.07) is 6.53. The molecule has 0 amide bonds. The summed E-state index contributed by atoms with van der Waals surface area (Å²) >= 11 is 0. The van der Waals surface area contributed by atoms with Crippen LogP contribution < -0.4 is 0 Å². The molecule has 8 nitrogen and oxygen atoms in total. The molecule has 0 saturated heterocycles. The van der Waals surface area contributed by atoms with Crippen LogP contribution in [0.3, 0.4) is 0 Å². The first kappa shape index (κ1) is 16.2.